The Hall–Kier alpha value is -0.713. The van der Waals surface area contributed by atoms with E-state index in [1.807, 2.05) is 20.8 Å². The van der Waals surface area contributed by atoms with Crippen LogP contribution in [0, 0.1) is 0 Å². The summed E-state index contributed by atoms with van der Waals surface area (Å²) in [6.45, 7) is 6.59. The minimum atomic E-state index is -2.75. The van der Waals surface area contributed by atoms with Gasteiger partial charge >= 0.3 is 14.9 Å². The fraction of sp³-hybridized carbons (Fsp3) is 0.923. The van der Waals surface area contributed by atoms with Crippen LogP contribution in [0.5, 0.6) is 0 Å². The van der Waals surface area contributed by atoms with E-state index in [4.69, 9.17) is 23.5 Å². The second-order valence-corrected chi connectivity index (χ2v) is 7.41. The highest BCUT2D eigenvalue weighted by atomic mass is 28.4. The first-order valence-electron chi connectivity index (χ1n) is 7.64. The van der Waals surface area contributed by atoms with Gasteiger partial charge in [0.15, 0.2) is 0 Å². The average molecular weight is 339 g/mol. The normalized spacial score (nSPS) is 14.6. The molecule has 0 aliphatic carbocycles. The van der Waals surface area contributed by atoms with Crippen molar-refractivity contribution in [2.45, 2.75) is 51.8 Å². The Bertz CT molecular complexity index is 289. The molecule has 1 amide bonds. The summed E-state index contributed by atoms with van der Waals surface area (Å²) in [5.41, 5.74) is 0. The van der Waals surface area contributed by atoms with Gasteiger partial charge in [-0.05, 0) is 33.6 Å². The molecule has 0 aromatic rings. The summed E-state index contributed by atoms with van der Waals surface area (Å²) in [5.74, 6) is 0. The Morgan fingerprint density at radius 2 is 1.64 bits per heavy atom. The van der Waals surface area contributed by atoms with E-state index in [-0.39, 0.29) is 0 Å². The zero-order chi connectivity index (χ0) is 17.0. The SMILES string of the molecule is CCO[Si](CCCC(O)C(CO)NC(=O)O)(OCC)OCC. The van der Waals surface area contributed by atoms with Crippen molar-refractivity contribution in [2.24, 2.45) is 0 Å². The van der Waals surface area contributed by atoms with Crippen LogP contribution in [0.1, 0.15) is 33.6 Å². The van der Waals surface area contributed by atoms with E-state index in [9.17, 15) is 9.90 Å². The maximum atomic E-state index is 10.6. The molecule has 0 radical (unpaired) electrons. The Morgan fingerprint density at radius 1 is 1.14 bits per heavy atom. The molecule has 0 bridgehead atoms. The first kappa shape index (κ1) is 21.3. The van der Waals surface area contributed by atoms with Crippen molar-refractivity contribution in [1.29, 1.82) is 0 Å². The minimum Gasteiger partial charge on any atom is -0.465 e. The standard InChI is InChI=1S/C13H29NO7Si/c1-4-19-22(20-5-2,21-6-3)9-7-8-12(16)11(10-15)14-13(17)18/h11-12,14-16H,4-10H2,1-3H3,(H,17,18). The minimum absolute atomic E-state index is 0.313. The summed E-state index contributed by atoms with van der Waals surface area (Å²) in [5, 5.41) is 29.8. The molecule has 0 heterocycles. The van der Waals surface area contributed by atoms with Gasteiger partial charge in [-0.25, -0.2) is 4.79 Å². The summed E-state index contributed by atoms with van der Waals surface area (Å²) >= 11 is 0. The highest BCUT2D eigenvalue weighted by Crippen LogP contribution is 2.20. The van der Waals surface area contributed by atoms with Gasteiger partial charge in [0, 0.05) is 25.9 Å². The number of aliphatic hydroxyl groups excluding tert-OH is 2. The van der Waals surface area contributed by atoms with Crippen molar-refractivity contribution in [3.05, 3.63) is 0 Å². The number of rotatable bonds is 13. The second kappa shape index (κ2) is 11.8. The van der Waals surface area contributed by atoms with Crippen LogP contribution in [0.2, 0.25) is 6.04 Å². The number of carbonyl (C=O) groups is 1. The van der Waals surface area contributed by atoms with Gasteiger partial charge in [0.2, 0.25) is 0 Å². The molecular weight excluding hydrogens is 310 g/mol. The average Bonchev–Trinajstić information content (AvgIpc) is 2.45. The van der Waals surface area contributed by atoms with Crippen molar-refractivity contribution < 1.29 is 33.4 Å². The third-order valence-corrected chi connectivity index (χ3v) is 6.20. The van der Waals surface area contributed by atoms with Crippen LogP contribution >= 0.6 is 0 Å². The van der Waals surface area contributed by atoms with Crippen LogP contribution in [0.4, 0.5) is 4.79 Å². The summed E-state index contributed by atoms with van der Waals surface area (Å²) in [4.78, 5) is 10.6. The second-order valence-electron chi connectivity index (χ2n) is 4.68. The van der Waals surface area contributed by atoms with Crippen LogP contribution < -0.4 is 5.32 Å². The van der Waals surface area contributed by atoms with Gasteiger partial charge in [0.25, 0.3) is 0 Å². The molecular formula is C13H29NO7Si. The predicted octanol–water partition coefficient (Wildman–Crippen LogP) is 0.804. The van der Waals surface area contributed by atoms with Gasteiger partial charge in [-0.1, -0.05) is 0 Å². The van der Waals surface area contributed by atoms with Gasteiger partial charge in [0.1, 0.15) is 0 Å². The van der Waals surface area contributed by atoms with Gasteiger partial charge in [-0.15, -0.1) is 0 Å². The van der Waals surface area contributed by atoms with E-state index >= 15 is 0 Å². The molecule has 2 unspecified atom stereocenters. The number of nitrogens with one attached hydrogen (secondary N) is 1. The fourth-order valence-corrected chi connectivity index (χ4v) is 4.79. The molecule has 0 spiro atoms. The molecule has 8 nitrogen and oxygen atoms in total. The van der Waals surface area contributed by atoms with E-state index in [0.29, 0.717) is 38.7 Å². The quantitative estimate of drug-likeness (QED) is 0.367. The topological polar surface area (TPSA) is 117 Å². The molecule has 0 aromatic heterocycles. The van der Waals surface area contributed by atoms with Gasteiger partial charge in [-0.3, -0.25) is 0 Å². The number of hydrogen-bond donors (Lipinski definition) is 4. The Labute approximate surface area is 132 Å². The third kappa shape index (κ3) is 8.06. The molecule has 0 saturated carbocycles. The van der Waals surface area contributed by atoms with Gasteiger partial charge in [0.05, 0.1) is 18.8 Å². The number of hydrogen-bond acceptors (Lipinski definition) is 6. The molecule has 0 saturated heterocycles. The molecule has 0 aromatic carbocycles. The maximum Gasteiger partial charge on any atom is 0.500 e. The van der Waals surface area contributed by atoms with Crippen molar-refractivity contribution >= 4 is 14.9 Å². The summed E-state index contributed by atoms with van der Waals surface area (Å²) in [6.07, 6.45) is -1.39. The van der Waals surface area contributed by atoms with E-state index in [2.05, 4.69) is 5.32 Å². The lowest BCUT2D eigenvalue weighted by Crippen LogP contribution is -2.47. The summed E-state index contributed by atoms with van der Waals surface area (Å²) < 4.78 is 17.1. The van der Waals surface area contributed by atoms with E-state index in [0.717, 1.165) is 0 Å². The summed E-state index contributed by atoms with van der Waals surface area (Å²) in [7, 11) is -2.75. The first-order valence-corrected chi connectivity index (χ1v) is 9.58. The maximum absolute atomic E-state index is 10.6. The van der Waals surface area contributed by atoms with Gasteiger partial charge in [-0.2, -0.15) is 0 Å². The molecule has 2 atom stereocenters. The fourth-order valence-electron chi connectivity index (χ4n) is 2.15. The Morgan fingerprint density at radius 3 is 2.00 bits per heavy atom. The molecule has 132 valence electrons. The molecule has 0 aliphatic rings. The first-order chi connectivity index (χ1) is 10.4. The zero-order valence-electron chi connectivity index (χ0n) is 13.6. The predicted molar refractivity (Wildman–Crippen MR) is 82.7 cm³/mol. The Balaban J connectivity index is 4.48. The van der Waals surface area contributed by atoms with Crippen LogP contribution in [-0.2, 0) is 13.3 Å². The smallest absolute Gasteiger partial charge is 0.465 e. The van der Waals surface area contributed by atoms with Crippen LogP contribution in [0.25, 0.3) is 0 Å². The molecule has 0 rings (SSSR count). The molecule has 9 heteroatoms. The van der Waals surface area contributed by atoms with Crippen LogP contribution in [-0.4, -0.2) is 68.8 Å². The number of carboxylic acid groups (broad SMARTS) is 1. The largest absolute Gasteiger partial charge is 0.500 e. The number of amides is 1. The van der Waals surface area contributed by atoms with E-state index < -0.39 is 33.7 Å². The molecule has 0 fully saturated rings. The molecule has 0 aliphatic heterocycles. The van der Waals surface area contributed by atoms with Crippen molar-refractivity contribution in [3.63, 3.8) is 0 Å². The van der Waals surface area contributed by atoms with Gasteiger partial charge < -0.3 is 33.9 Å². The van der Waals surface area contributed by atoms with E-state index in [1.165, 1.54) is 0 Å². The van der Waals surface area contributed by atoms with Crippen molar-refractivity contribution in [2.75, 3.05) is 26.4 Å². The zero-order valence-corrected chi connectivity index (χ0v) is 14.6. The third-order valence-electron chi connectivity index (χ3n) is 3.05. The highest BCUT2D eigenvalue weighted by Gasteiger charge is 2.40. The van der Waals surface area contributed by atoms with E-state index in [1.54, 1.807) is 0 Å². The van der Waals surface area contributed by atoms with Crippen molar-refractivity contribution in [1.82, 2.24) is 5.32 Å². The summed E-state index contributed by atoms with van der Waals surface area (Å²) in [6, 6.07) is -0.370. The Kier molecular flexibility index (Phi) is 11.4. The van der Waals surface area contributed by atoms with Crippen LogP contribution in [0.15, 0.2) is 0 Å². The van der Waals surface area contributed by atoms with Crippen molar-refractivity contribution in [3.8, 4) is 0 Å². The molecule has 4 N–H and O–H groups in total. The van der Waals surface area contributed by atoms with Crippen LogP contribution in [0.3, 0.4) is 0 Å². The monoisotopic (exact) mass is 339 g/mol. The lowest BCUT2D eigenvalue weighted by atomic mass is 10.1. The number of aliphatic hydroxyl groups is 2. The lowest BCUT2D eigenvalue weighted by Gasteiger charge is -2.29. The molecule has 22 heavy (non-hydrogen) atoms. The highest BCUT2D eigenvalue weighted by molar-refractivity contribution is 6.60. The lowest BCUT2D eigenvalue weighted by molar-refractivity contribution is 0.0634.